The molecule has 0 aliphatic carbocycles. The molecular weight excluding hydrogens is 274 g/mol. The van der Waals surface area contributed by atoms with E-state index in [1.54, 1.807) is 43.0 Å². The Bertz CT molecular complexity index is 672. The maximum absolute atomic E-state index is 11.9. The van der Waals surface area contributed by atoms with Gasteiger partial charge in [0.1, 0.15) is 17.4 Å². The minimum Gasteiger partial charge on any atom is -0.497 e. The number of benzene rings is 1. The zero-order chi connectivity index (χ0) is 14.4. The van der Waals surface area contributed by atoms with Gasteiger partial charge in [-0.3, -0.25) is 10.1 Å². The van der Waals surface area contributed by atoms with E-state index < -0.39 is 5.91 Å². The predicted molar refractivity (Wildman–Crippen MR) is 77.3 cm³/mol. The number of hydrogen-bond acceptors (Lipinski definition) is 5. The van der Waals surface area contributed by atoms with Crippen LogP contribution in [0.1, 0.15) is 5.56 Å². The van der Waals surface area contributed by atoms with E-state index in [9.17, 15) is 4.79 Å². The van der Waals surface area contributed by atoms with Crippen molar-refractivity contribution in [2.45, 2.75) is 0 Å². The summed E-state index contributed by atoms with van der Waals surface area (Å²) in [5.41, 5.74) is 0.726. The van der Waals surface area contributed by atoms with Crippen LogP contribution in [0.3, 0.4) is 0 Å². The minimum atomic E-state index is -0.481. The van der Waals surface area contributed by atoms with Gasteiger partial charge in [0.25, 0.3) is 5.91 Å². The summed E-state index contributed by atoms with van der Waals surface area (Å²) >= 11 is 1.29. The van der Waals surface area contributed by atoms with Gasteiger partial charge in [-0.25, -0.2) is 4.98 Å². The van der Waals surface area contributed by atoms with Crippen molar-refractivity contribution in [3.8, 4) is 11.8 Å². The Balaban J connectivity index is 2.20. The monoisotopic (exact) mass is 285 g/mol. The second kappa shape index (κ2) is 6.50. The maximum Gasteiger partial charge on any atom is 0.268 e. The summed E-state index contributed by atoms with van der Waals surface area (Å²) in [6.45, 7) is 0. The Labute approximate surface area is 120 Å². The van der Waals surface area contributed by atoms with E-state index in [4.69, 9.17) is 10.00 Å². The first kappa shape index (κ1) is 13.8. The first-order valence-corrected chi connectivity index (χ1v) is 6.57. The van der Waals surface area contributed by atoms with Crippen LogP contribution in [0, 0.1) is 11.3 Å². The van der Waals surface area contributed by atoms with E-state index in [-0.39, 0.29) is 5.57 Å². The molecule has 0 saturated carbocycles. The molecule has 0 spiro atoms. The first-order chi connectivity index (χ1) is 9.72. The SMILES string of the molecule is COc1cccc(C=C(C#N)C(=O)Nc2nccs2)c1. The van der Waals surface area contributed by atoms with Gasteiger partial charge in [0.15, 0.2) is 5.13 Å². The number of amides is 1. The van der Waals surface area contributed by atoms with Crippen molar-refractivity contribution in [1.29, 1.82) is 5.26 Å². The van der Waals surface area contributed by atoms with E-state index in [0.717, 1.165) is 5.56 Å². The van der Waals surface area contributed by atoms with Gasteiger partial charge in [-0.05, 0) is 23.8 Å². The van der Waals surface area contributed by atoms with Gasteiger partial charge < -0.3 is 4.74 Å². The standard InChI is InChI=1S/C14H11N3O2S/c1-19-12-4-2-3-10(8-12)7-11(9-15)13(18)17-14-16-5-6-20-14/h2-8H,1H3,(H,16,17,18). The summed E-state index contributed by atoms with van der Waals surface area (Å²) in [6.07, 6.45) is 3.09. The molecule has 1 N–H and O–H groups in total. The molecule has 0 aliphatic rings. The van der Waals surface area contributed by atoms with Crippen molar-refractivity contribution in [2.24, 2.45) is 0 Å². The van der Waals surface area contributed by atoms with Crippen molar-refractivity contribution < 1.29 is 9.53 Å². The van der Waals surface area contributed by atoms with Crippen LogP contribution in [0.25, 0.3) is 6.08 Å². The fourth-order valence-corrected chi connectivity index (χ4v) is 2.02. The summed E-state index contributed by atoms with van der Waals surface area (Å²) in [5, 5.41) is 13.9. The summed E-state index contributed by atoms with van der Waals surface area (Å²) in [5.74, 6) is 0.182. The highest BCUT2D eigenvalue weighted by molar-refractivity contribution is 7.13. The molecule has 100 valence electrons. The van der Waals surface area contributed by atoms with Gasteiger partial charge >= 0.3 is 0 Å². The number of methoxy groups -OCH3 is 1. The Hall–Kier alpha value is -2.65. The van der Waals surface area contributed by atoms with E-state index in [1.165, 1.54) is 17.4 Å². The average Bonchev–Trinajstić information content (AvgIpc) is 2.97. The molecular formula is C14H11N3O2S. The molecule has 1 amide bonds. The summed E-state index contributed by atoms with van der Waals surface area (Å²) < 4.78 is 5.09. The number of aromatic nitrogens is 1. The molecule has 0 bridgehead atoms. The Morgan fingerprint density at radius 1 is 1.55 bits per heavy atom. The molecule has 0 aliphatic heterocycles. The highest BCUT2D eigenvalue weighted by Gasteiger charge is 2.10. The molecule has 0 atom stereocenters. The lowest BCUT2D eigenvalue weighted by Crippen LogP contribution is -2.13. The number of nitrogens with one attached hydrogen (secondary N) is 1. The number of carbonyl (C=O) groups excluding carboxylic acids is 1. The quantitative estimate of drug-likeness (QED) is 0.692. The number of rotatable bonds is 4. The van der Waals surface area contributed by atoms with Crippen molar-refractivity contribution in [2.75, 3.05) is 12.4 Å². The third kappa shape index (κ3) is 3.43. The summed E-state index contributed by atoms with van der Waals surface area (Å²) in [4.78, 5) is 15.9. The van der Waals surface area contributed by atoms with Gasteiger partial charge in [-0.15, -0.1) is 11.3 Å². The normalized spacial score (nSPS) is 10.7. The van der Waals surface area contributed by atoms with Gasteiger partial charge in [0.2, 0.25) is 0 Å². The number of anilines is 1. The number of nitrogens with zero attached hydrogens (tertiary/aromatic N) is 2. The van der Waals surface area contributed by atoms with E-state index in [2.05, 4.69) is 10.3 Å². The molecule has 1 aromatic carbocycles. The van der Waals surface area contributed by atoms with Crippen molar-refractivity contribution in [3.05, 3.63) is 47.0 Å². The van der Waals surface area contributed by atoms with Gasteiger partial charge in [0.05, 0.1) is 7.11 Å². The van der Waals surface area contributed by atoms with Crippen molar-refractivity contribution in [3.63, 3.8) is 0 Å². The number of nitriles is 1. The fourth-order valence-electron chi connectivity index (χ4n) is 1.50. The second-order valence-electron chi connectivity index (χ2n) is 3.74. The molecule has 1 heterocycles. The van der Waals surface area contributed by atoms with E-state index in [0.29, 0.717) is 10.9 Å². The maximum atomic E-state index is 11.9. The van der Waals surface area contributed by atoms with Crippen LogP contribution in [0.15, 0.2) is 41.4 Å². The lowest BCUT2D eigenvalue weighted by atomic mass is 10.1. The van der Waals surface area contributed by atoms with Crippen molar-refractivity contribution >= 4 is 28.5 Å². The third-order valence-electron chi connectivity index (χ3n) is 2.42. The van der Waals surface area contributed by atoms with E-state index in [1.807, 2.05) is 6.07 Å². The molecule has 2 aromatic rings. The minimum absolute atomic E-state index is 0.00783. The van der Waals surface area contributed by atoms with Crippen LogP contribution in [0.2, 0.25) is 0 Å². The van der Waals surface area contributed by atoms with Gasteiger partial charge in [-0.1, -0.05) is 12.1 Å². The molecule has 1 aromatic heterocycles. The molecule has 0 unspecified atom stereocenters. The smallest absolute Gasteiger partial charge is 0.268 e. The highest BCUT2D eigenvalue weighted by Crippen LogP contribution is 2.16. The molecule has 0 saturated heterocycles. The van der Waals surface area contributed by atoms with Gasteiger partial charge in [0, 0.05) is 11.6 Å². The molecule has 5 nitrogen and oxygen atoms in total. The Morgan fingerprint density at radius 3 is 3.05 bits per heavy atom. The zero-order valence-electron chi connectivity index (χ0n) is 10.7. The van der Waals surface area contributed by atoms with E-state index >= 15 is 0 Å². The van der Waals surface area contributed by atoms with Crippen LogP contribution in [0.5, 0.6) is 5.75 Å². The van der Waals surface area contributed by atoms with Crippen molar-refractivity contribution in [1.82, 2.24) is 4.98 Å². The van der Waals surface area contributed by atoms with Crippen LogP contribution in [-0.4, -0.2) is 18.0 Å². The topological polar surface area (TPSA) is 75.0 Å². The second-order valence-corrected chi connectivity index (χ2v) is 4.63. The molecule has 6 heteroatoms. The van der Waals surface area contributed by atoms with Crippen LogP contribution in [-0.2, 0) is 4.79 Å². The largest absolute Gasteiger partial charge is 0.497 e. The molecule has 0 fully saturated rings. The first-order valence-electron chi connectivity index (χ1n) is 5.69. The third-order valence-corrected chi connectivity index (χ3v) is 3.11. The Morgan fingerprint density at radius 2 is 2.40 bits per heavy atom. The fraction of sp³-hybridized carbons (Fsp3) is 0.0714. The predicted octanol–water partition coefficient (Wildman–Crippen LogP) is 2.70. The molecule has 0 radical (unpaired) electrons. The molecule has 2 rings (SSSR count). The Kier molecular flexibility index (Phi) is 4.47. The summed E-state index contributed by atoms with van der Waals surface area (Å²) in [6, 6.07) is 9.00. The number of thiazole rings is 1. The highest BCUT2D eigenvalue weighted by atomic mass is 32.1. The van der Waals surface area contributed by atoms with Crippen LogP contribution >= 0.6 is 11.3 Å². The van der Waals surface area contributed by atoms with Gasteiger partial charge in [-0.2, -0.15) is 5.26 Å². The van der Waals surface area contributed by atoms with Crippen LogP contribution in [0.4, 0.5) is 5.13 Å². The lowest BCUT2D eigenvalue weighted by Gasteiger charge is -2.02. The average molecular weight is 285 g/mol. The number of ether oxygens (including phenoxy) is 1. The lowest BCUT2D eigenvalue weighted by molar-refractivity contribution is -0.112. The zero-order valence-corrected chi connectivity index (χ0v) is 11.5. The molecule has 20 heavy (non-hydrogen) atoms. The van der Waals surface area contributed by atoms with Crippen LogP contribution < -0.4 is 10.1 Å². The number of hydrogen-bond donors (Lipinski definition) is 1. The summed E-state index contributed by atoms with van der Waals surface area (Å²) in [7, 11) is 1.56. The number of carbonyl (C=O) groups is 1.